The minimum atomic E-state index is -4.53. The van der Waals surface area contributed by atoms with Crippen molar-refractivity contribution in [3.05, 3.63) is 35.4 Å². The van der Waals surface area contributed by atoms with E-state index in [1.165, 1.54) is 14.1 Å². The van der Waals surface area contributed by atoms with Gasteiger partial charge < -0.3 is 0 Å². The maximum atomic E-state index is 12.8. The van der Waals surface area contributed by atoms with Crippen molar-refractivity contribution in [2.24, 2.45) is 0 Å². The molecule has 1 atom stereocenters. The number of nitrogens with zero attached hydrogens (tertiary/aromatic N) is 1. The monoisotopic (exact) mass is 239 g/mol. The van der Waals surface area contributed by atoms with Gasteiger partial charge in [0.1, 0.15) is 6.04 Å². The highest BCUT2D eigenvalue weighted by Gasteiger charge is 2.42. The molecule has 0 heterocycles. The van der Waals surface area contributed by atoms with Crippen molar-refractivity contribution >= 4 is 0 Å². The van der Waals surface area contributed by atoms with Gasteiger partial charge in [-0.2, -0.15) is 13.2 Å². The SMILES string of the molecule is CN(C)C(c1ccc(F)c(F)c1)C(F)(F)F. The summed E-state index contributed by atoms with van der Waals surface area (Å²) in [7, 11) is 2.44. The summed E-state index contributed by atoms with van der Waals surface area (Å²) in [6, 6.07) is 0.236. The van der Waals surface area contributed by atoms with Crippen LogP contribution in [0.5, 0.6) is 0 Å². The first kappa shape index (κ1) is 12.9. The van der Waals surface area contributed by atoms with Crippen LogP contribution in [0.25, 0.3) is 0 Å². The lowest BCUT2D eigenvalue weighted by Crippen LogP contribution is -2.33. The normalized spacial score (nSPS) is 14.2. The van der Waals surface area contributed by atoms with Gasteiger partial charge >= 0.3 is 6.18 Å². The first-order chi connectivity index (χ1) is 7.23. The van der Waals surface area contributed by atoms with Crippen molar-refractivity contribution in [1.29, 1.82) is 0 Å². The smallest absolute Gasteiger partial charge is 0.295 e. The van der Waals surface area contributed by atoms with Gasteiger partial charge in [0.2, 0.25) is 0 Å². The molecule has 0 bridgehead atoms. The lowest BCUT2D eigenvalue weighted by Gasteiger charge is -2.27. The molecule has 0 radical (unpaired) electrons. The molecule has 0 aliphatic rings. The van der Waals surface area contributed by atoms with Crippen LogP contribution in [0.1, 0.15) is 11.6 Å². The fourth-order valence-electron chi connectivity index (χ4n) is 1.46. The Labute approximate surface area is 89.5 Å². The van der Waals surface area contributed by atoms with Crippen LogP contribution in [0, 0.1) is 11.6 Å². The molecule has 90 valence electrons. The van der Waals surface area contributed by atoms with Gasteiger partial charge in [-0.15, -0.1) is 0 Å². The quantitative estimate of drug-likeness (QED) is 0.717. The number of halogens is 5. The summed E-state index contributed by atoms with van der Waals surface area (Å²) in [5.41, 5.74) is -0.323. The highest BCUT2D eigenvalue weighted by atomic mass is 19.4. The van der Waals surface area contributed by atoms with Crippen LogP contribution in [-0.4, -0.2) is 25.2 Å². The van der Waals surface area contributed by atoms with Crippen molar-refractivity contribution in [1.82, 2.24) is 4.90 Å². The van der Waals surface area contributed by atoms with E-state index in [1.807, 2.05) is 0 Å². The third-order valence-electron chi connectivity index (χ3n) is 2.09. The van der Waals surface area contributed by atoms with Crippen molar-refractivity contribution in [2.45, 2.75) is 12.2 Å². The van der Waals surface area contributed by atoms with Crippen LogP contribution in [0.4, 0.5) is 22.0 Å². The molecule has 0 fully saturated rings. The van der Waals surface area contributed by atoms with Crippen LogP contribution in [0.15, 0.2) is 18.2 Å². The molecule has 0 N–H and O–H groups in total. The van der Waals surface area contributed by atoms with E-state index in [0.717, 1.165) is 11.0 Å². The van der Waals surface area contributed by atoms with Gasteiger partial charge in [-0.3, -0.25) is 4.90 Å². The zero-order chi connectivity index (χ0) is 12.5. The zero-order valence-corrected chi connectivity index (χ0v) is 8.65. The minimum absolute atomic E-state index is 0.323. The van der Waals surface area contributed by atoms with Crippen molar-refractivity contribution in [3.8, 4) is 0 Å². The zero-order valence-electron chi connectivity index (χ0n) is 8.65. The van der Waals surface area contributed by atoms with Crippen LogP contribution < -0.4 is 0 Å². The summed E-state index contributed by atoms with van der Waals surface area (Å²) >= 11 is 0. The Morgan fingerprint density at radius 2 is 1.62 bits per heavy atom. The summed E-state index contributed by atoms with van der Waals surface area (Å²) in [5.74, 6) is -2.45. The molecule has 0 aliphatic carbocycles. The molecule has 0 aliphatic heterocycles. The highest BCUT2D eigenvalue weighted by Crippen LogP contribution is 2.36. The Hall–Kier alpha value is -1.17. The van der Waals surface area contributed by atoms with Crippen LogP contribution in [0.2, 0.25) is 0 Å². The van der Waals surface area contributed by atoms with E-state index in [2.05, 4.69) is 0 Å². The number of hydrogen-bond acceptors (Lipinski definition) is 1. The molecule has 0 spiro atoms. The average molecular weight is 239 g/mol. The summed E-state index contributed by atoms with van der Waals surface area (Å²) in [6.07, 6.45) is -4.53. The second-order valence-electron chi connectivity index (χ2n) is 3.58. The van der Waals surface area contributed by atoms with Gasteiger partial charge in [0.25, 0.3) is 0 Å². The van der Waals surface area contributed by atoms with E-state index in [9.17, 15) is 22.0 Å². The molecule has 0 amide bonds. The number of alkyl halides is 3. The van der Waals surface area contributed by atoms with Gasteiger partial charge in [-0.1, -0.05) is 6.07 Å². The van der Waals surface area contributed by atoms with Gasteiger partial charge in [-0.25, -0.2) is 8.78 Å². The third kappa shape index (κ3) is 2.69. The predicted molar refractivity (Wildman–Crippen MR) is 48.8 cm³/mol. The van der Waals surface area contributed by atoms with Gasteiger partial charge in [-0.05, 0) is 31.8 Å². The Kier molecular flexibility index (Phi) is 3.52. The van der Waals surface area contributed by atoms with Crippen molar-refractivity contribution in [3.63, 3.8) is 0 Å². The molecule has 16 heavy (non-hydrogen) atoms. The number of rotatable bonds is 2. The Bertz CT molecular complexity index is 372. The van der Waals surface area contributed by atoms with E-state index >= 15 is 0 Å². The molecule has 0 saturated carbocycles. The van der Waals surface area contributed by atoms with Crippen LogP contribution in [-0.2, 0) is 0 Å². The van der Waals surface area contributed by atoms with Crippen LogP contribution >= 0.6 is 0 Å². The minimum Gasteiger partial charge on any atom is -0.295 e. The average Bonchev–Trinajstić information content (AvgIpc) is 2.08. The predicted octanol–water partition coefficient (Wildman–Crippen LogP) is 3.13. The van der Waals surface area contributed by atoms with E-state index in [4.69, 9.17) is 0 Å². The lowest BCUT2D eigenvalue weighted by atomic mass is 10.1. The molecular formula is C10H10F5N. The van der Waals surface area contributed by atoms with E-state index in [1.54, 1.807) is 0 Å². The fraction of sp³-hybridized carbons (Fsp3) is 0.400. The summed E-state index contributed by atoms with van der Waals surface area (Å²) in [5, 5.41) is 0. The second-order valence-corrected chi connectivity index (χ2v) is 3.58. The van der Waals surface area contributed by atoms with Crippen molar-refractivity contribution < 1.29 is 22.0 Å². The van der Waals surface area contributed by atoms with E-state index < -0.39 is 23.9 Å². The van der Waals surface area contributed by atoms with Crippen molar-refractivity contribution in [2.75, 3.05) is 14.1 Å². The summed E-state index contributed by atoms with van der Waals surface area (Å²) in [6.45, 7) is 0. The number of hydrogen-bond donors (Lipinski definition) is 0. The van der Waals surface area contributed by atoms with Crippen LogP contribution in [0.3, 0.4) is 0 Å². The molecule has 0 saturated heterocycles. The summed E-state index contributed by atoms with van der Waals surface area (Å²) < 4.78 is 63.3. The molecular weight excluding hydrogens is 229 g/mol. The molecule has 1 nitrogen and oxygen atoms in total. The largest absolute Gasteiger partial charge is 0.408 e. The topological polar surface area (TPSA) is 3.24 Å². The fourth-order valence-corrected chi connectivity index (χ4v) is 1.46. The first-order valence-electron chi connectivity index (χ1n) is 4.41. The van der Waals surface area contributed by atoms with Gasteiger partial charge in [0.15, 0.2) is 11.6 Å². The molecule has 1 unspecified atom stereocenters. The van der Waals surface area contributed by atoms with Gasteiger partial charge in [0.05, 0.1) is 0 Å². The maximum Gasteiger partial charge on any atom is 0.408 e. The summed E-state index contributed by atoms with van der Waals surface area (Å²) in [4.78, 5) is 0.896. The van der Waals surface area contributed by atoms with E-state index in [0.29, 0.717) is 12.1 Å². The Morgan fingerprint density at radius 3 is 2.00 bits per heavy atom. The lowest BCUT2D eigenvalue weighted by molar-refractivity contribution is -0.179. The Morgan fingerprint density at radius 1 is 1.06 bits per heavy atom. The Balaban J connectivity index is 3.17. The van der Waals surface area contributed by atoms with E-state index in [-0.39, 0.29) is 5.56 Å². The standard InChI is InChI=1S/C10H10F5N/c1-16(2)9(10(13,14)15)6-3-4-7(11)8(12)5-6/h3-5,9H,1-2H3. The maximum absolute atomic E-state index is 12.8. The molecule has 0 aromatic heterocycles. The highest BCUT2D eigenvalue weighted by molar-refractivity contribution is 5.22. The third-order valence-corrected chi connectivity index (χ3v) is 2.09. The first-order valence-corrected chi connectivity index (χ1v) is 4.41. The number of benzene rings is 1. The second kappa shape index (κ2) is 4.37. The molecule has 6 heteroatoms. The molecule has 1 aromatic rings. The molecule has 1 aromatic carbocycles. The molecule has 1 rings (SSSR count). The van der Waals surface area contributed by atoms with Gasteiger partial charge in [0, 0.05) is 0 Å².